The molecule has 1 amide bonds. The summed E-state index contributed by atoms with van der Waals surface area (Å²) in [6.07, 6.45) is 3.18. The number of nitrogens with zero attached hydrogens (tertiary/aromatic N) is 2. The molecule has 116 valence electrons. The van der Waals surface area contributed by atoms with Gasteiger partial charge in [0.25, 0.3) is 5.91 Å². The molecule has 3 aromatic rings. The van der Waals surface area contributed by atoms with Gasteiger partial charge in [0.1, 0.15) is 10.8 Å². The van der Waals surface area contributed by atoms with E-state index in [0.29, 0.717) is 12.1 Å². The molecule has 6 heteroatoms. The molecule has 0 saturated carbocycles. The van der Waals surface area contributed by atoms with Gasteiger partial charge < -0.3 is 10.1 Å². The number of rotatable bonds is 5. The monoisotopic (exact) mass is 325 g/mol. The molecule has 1 aromatic carbocycles. The van der Waals surface area contributed by atoms with Gasteiger partial charge in [-0.1, -0.05) is 0 Å². The third-order valence-corrected chi connectivity index (χ3v) is 4.11. The molecule has 0 atom stereocenters. The number of pyridine rings is 1. The zero-order chi connectivity index (χ0) is 16.1. The highest BCUT2D eigenvalue weighted by molar-refractivity contribution is 7.09. The van der Waals surface area contributed by atoms with Crippen molar-refractivity contribution in [3.8, 4) is 17.0 Å². The molecule has 0 aliphatic heterocycles. The molecule has 2 heterocycles. The van der Waals surface area contributed by atoms with Gasteiger partial charge in [-0.05, 0) is 36.4 Å². The third kappa shape index (κ3) is 3.73. The van der Waals surface area contributed by atoms with Gasteiger partial charge in [0.15, 0.2) is 0 Å². The number of methoxy groups -OCH3 is 1. The third-order valence-electron chi connectivity index (χ3n) is 3.26. The molecule has 5 nitrogen and oxygen atoms in total. The van der Waals surface area contributed by atoms with E-state index < -0.39 is 0 Å². The summed E-state index contributed by atoms with van der Waals surface area (Å²) < 4.78 is 5.15. The standard InChI is InChI=1S/C17H15N3O2S/c1-22-14-6-4-12(5-7-14)15-11-23-16(20-15)10-19-17(21)13-3-2-8-18-9-13/h2-9,11H,10H2,1H3,(H,19,21). The van der Waals surface area contributed by atoms with Crippen molar-refractivity contribution in [1.29, 1.82) is 0 Å². The summed E-state index contributed by atoms with van der Waals surface area (Å²) in [5.74, 6) is 0.659. The number of hydrogen-bond donors (Lipinski definition) is 1. The molecule has 0 bridgehead atoms. The maximum Gasteiger partial charge on any atom is 0.253 e. The van der Waals surface area contributed by atoms with Crippen molar-refractivity contribution >= 4 is 17.2 Å². The molecule has 0 fully saturated rings. The first-order valence-electron chi connectivity index (χ1n) is 7.03. The van der Waals surface area contributed by atoms with E-state index in [4.69, 9.17) is 4.74 Å². The highest BCUT2D eigenvalue weighted by Crippen LogP contribution is 2.24. The van der Waals surface area contributed by atoms with E-state index in [1.165, 1.54) is 11.3 Å². The number of aromatic nitrogens is 2. The Bertz CT molecular complexity index is 785. The van der Waals surface area contributed by atoms with Gasteiger partial charge in [-0.25, -0.2) is 4.98 Å². The maximum atomic E-state index is 12.0. The van der Waals surface area contributed by atoms with Crippen LogP contribution in [0.4, 0.5) is 0 Å². The number of ether oxygens (including phenoxy) is 1. The molecule has 0 saturated heterocycles. The van der Waals surface area contributed by atoms with Crippen molar-refractivity contribution in [3.05, 3.63) is 64.7 Å². The quantitative estimate of drug-likeness (QED) is 0.783. The summed E-state index contributed by atoms with van der Waals surface area (Å²) in [6, 6.07) is 11.2. The van der Waals surface area contributed by atoms with Gasteiger partial charge in [0, 0.05) is 23.3 Å². The molecule has 0 spiro atoms. The lowest BCUT2D eigenvalue weighted by atomic mass is 10.2. The van der Waals surface area contributed by atoms with Crippen molar-refractivity contribution in [2.24, 2.45) is 0 Å². The van der Waals surface area contributed by atoms with E-state index in [2.05, 4.69) is 15.3 Å². The predicted octanol–water partition coefficient (Wildman–Crippen LogP) is 3.14. The van der Waals surface area contributed by atoms with Gasteiger partial charge in [0.05, 0.1) is 24.9 Å². The lowest BCUT2D eigenvalue weighted by molar-refractivity contribution is 0.0950. The van der Waals surface area contributed by atoms with Gasteiger partial charge in [-0.2, -0.15) is 0 Å². The molecule has 0 aliphatic rings. The maximum absolute atomic E-state index is 12.0. The molecule has 0 unspecified atom stereocenters. The highest BCUT2D eigenvalue weighted by atomic mass is 32.1. The first-order chi connectivity index (χ1) is 11.3. The Balaban J connectivity index is 1.64. The lowest BCUT2D eigenvalue weighted by Gasteiger charge is -2.02. The fraction of sp³-hybridized carbons (Fsp3) is 0.118. The van der Waals surface area contributed by atoms with Crippen molar-refractivity contribution in [2.45, 2.75) is 6.54 Å². The van der Waals surface area contributed by atoms with Crippen LogP contribution < -0.4 is 10.1 Å². The van der Waals surface area contributed by atoms with Gasteiger partial charge in [0.2, 0.25) is 0 Å². The van der Waals surface area contributed by atoms with E-state index in [1.807, 2.05) is 29.6 Å². The zero-order valence-electron chi connectivity index (χ0n) is 12.5. The molecule has 0 aliphatic carbocycles. The van der Waals surface area contributed by atoms with E-state index in [-0.39, 0.29) is 5.91 Å². The Labute approximate surface area is 138 Å². The highest BCUT2D eigenvalue weighted by Gasteiger charge is 2.08. The Hall–Kier alpha value is -2.73. The molecule has 2 aromatic heterocycles. The Kier molecular flexibility index (Phi) is 4.63. The average Bonchev–Trinajstić information content (AvgIpc) is 3.09. The Morgan fingerprint density at radius 1 is 1.26 bits per heavy atom. The van der Waals surface area contributed by atoms with Crippen molar-refractivity contribution in [3.63, 3.8) is 0 Å². The Morgan fingerprint density at radius 2 is 2.09 bits per heavy atom. The van der Waals surface area contributed by atoms with Crippen LogP contribution in [0.2, 0.25) is 0 Å². The normalized spacial score (nSPS) is 10.3. The van der Waals surface area contributed by atoms with Crippen LogP contribution >= 0.6 is 11.3 Å². The second-order valence-electron chi connectivity index (χ2n) is 4.78. The molecule has 0 radical (unpaired) electrons. The summed E-state index contributed by atoms with van der Waals surface area (Å²) in [5.41, 5.74) is 2.45. The van der Waals surface area contributed by atoms with Crippen LogP contribution in [0, 0.1) is 0 Å². The molecule has 1 N–H and O–H groups in total. The second kappa shape index (κ2) is 7.02. The van der Waals surface area contributed by atoms with Gasteiger partial charge >= 0.3 is 0 Å². The number of nitrogens with one attached hydrogen (secondary N) is 1. The molecular formula is C17H15N3O2S. The molecular weight excluding hydrogens is 310 g/mol. The Morgan fingerprint density at radius 3 is 2.78 bits per heavy atom. The number of carbonyl (C=O) groups is 1. The fourth-order valence-corrected chi connectivity index (χ4v) is 2.78. The first-order valence-corrected chi connectivity index (χ1v) is 7.91. The van der Waals surface area contributed by atoms with Gasteiger partial charge in [-0.3, -0.25) is 9.78 Å². The first kappa shape index (κ1) is 15.2. The van der Waals surface area contributed by atoms with E-state index in [9.17, 15) is 4.79 Å². The van der Waals surface area contributed by atoms with Crippen LogP contribution in [0.5, 0.6) is 5.75 Å². The van der Waals surface area contributed by atoms with Crippen molar-refractivity contribution in [1.82, 2.24) is 15.3 Å². The minimum absolute atomic E-state index is 0.153. The summed E-state index contributed by atoms with van der Waals surface area (Å²) in [5, 5.41) is 5.68. The van der Waals surface area contributed by atoms with Crippen LogP contribution in [0.15, 0.2) is 54.2 Å². The second-order valence-corrected chi connectivity index (χ2v) is 5.72. The van der Waals surface area contributed by atoms with Crippen molar-refractivity contribution in [2.75, 3.05) is 7.11 Å². The number of hydrogen-bond acceptors (Lipinski definition) is 5. The lowest BCUT2D eigenvalue weighted by Crippen LogP contribution is -2.22. The van der Waals surface area contributed by atoms with Crippen LogP contribution in [0.1, 0.15) is 15.4 Å². The van der Waals surface area contributed by atoms with Crippen LogP contribution in [0.3, 0.4) is 0 Å². The number of thiazole rings is 1. The number of benzene rings is 1. The van der Waals surface area contributed by atoms with Crippen molar-refractivity contribution < 1.29 is 9.53 Å². The summed E-state index contributed by atoms with van der Waals surface area (Å²) >= 11 is 1.52. The summed E-state index contributed by atoms with van der Waals surface area (Å²) in [4.78, 5) is 20.5. The van der Waals surface area contributed by atoms with E-state index in [1.54, 1.807) is 31.6 Å². The van der Waals surface area contributed by atoms with E-state index in [0.717, 1.165) is 22.0 Å². The SMILES string of the molecule is COc1ccc(-c2csc(CNC(=O)c3cccnc3)n2)cc1. The summed E-state index contributed by atoms with van der Waals surface area (Å²) in [7, 11) is 1.64. The zero-order valence-corrected chi connectivity index (χ0v) is 13.3. The van der Waals surface area contributed by atoms with Gasteiger partial charge in [-0.15, -0.1) is 11.3 Å². The molecule has 23 heavy (non-hydrogen) atoms. The average molecular weight is 325 g/mol. The van der Waals surface area contributed by atoms with E-state index >= 15 is 0 Å². The number of amides is 1. The van der Waals surface area contributed by atoms with Crippen LogP contribution in [0.25, 0.3) is 11.3 Å². The summed E-state index contributed by atoms with van der Waals surface area (Å²) in [6.45, 7) is 0.397. The minimum Gasteiger partial charge on any atom is -0.497 e. The van der Waals surface area contributed by atoms with Crippen LogP contribution in [-0.4, -0.2) is 23.0 Å². The van der Waals surface area contributed by atoms with Crippen LogP contribution in [-0.2, 0) is 6.54 Å². The predicted molar refractivity (Wildman–Crippen MR) is 89.5 cm³/mol. The fourth-order valence-electron chi connectivity index (χ4n) is 2.04. The molecule has 3 rings (SSSR count). The minimum atomic E-state index is -0.153. The smallest absolute Gasteiger partial charge is 0.253 e. The number of carbonyl (C=O) groups excluding carboxylic acids is 1. The topological polar surface area (TPSA) is 64.1 Å². The largest absolute Gasteiger partial charge is 0.497 e.